The van der Waals surface area contributed by atoms with Crippen LogP contribution >= 0.6 is 11.3 Å². The minimum Gasteiger partial charge on any atom is -0.457 e. The summed E-state index contributed by atoms with van der Waals surface area (Å²) in [5, 5.41) is 7.58. The summed E-state index contributed by atoms with van der Waals surface area (Å²) in [6.07, 6.45) is 0. The SMILES string of the molecule is c1ccc(N(c2ccc3c(c2)C2(c4ccccc4O3)c3ccccc3-c3cccc4cccc2c34)c2ccc3c(c2)c2ccccc2n3-c2ccc3c(c2)sc2ccccc23)cc1. The Bertz CT molecular complexity index is 3860. The fourth-order valence-electron chi connectivity index (χ4n) is 11.1. The van der Waals surface area contributed by atoms with Crippen molar-refractivity contribution in [3.8, 4) is 28.3 Å². The first-order valence-corrected chi connectivity index (χ1v) is 22.4. The third kappa shape index (κ3) is 4.79. The maximum absolute atomic E-state index is 6.92. The number of para-hydroxylation sites is 3. The largest absolute Gasteiger partial charge is 0.457 e. The molecule has 2 aromatic heterocycles. The van der Waals surface area contributed by atoms with Crippen LogP contribution in [-0.2, 0) is 5.41 Å². The highest BCUT2D eigenvalue weighted by atomic mass is 32.1. The van der Waals surface area contributed by atoms with Crippen LogP contribution < -0.4 is 9.64 Å². The Hall–Kier alpha value is -7.92. The zero-order valence-electron chi connectivity index (χ0n) is 34.0. The van der Waals surface area contributed by atoms with E-state index in [0.29, 0.717) is 0 Å². The fourth-order valence-corrected chi connectivity index (χ4v) is 12.2. The van der Waals surface area contributed by atoms with E-state index in [4.69, 9.17) is 4.74 Å². The van der Waals surface area contributed by atoms with E-state index in [0.717, 1.165) is 45.4 Å². The molecular formula is C59H36N2OS. The molecule has 0 amide bonds. The molecule has 3 heterocycles. The van der Waals surface area contributed by atoms with Gasteiger partial charge in [0.1, 0.15) is 11.5 Å². The second-order valence-corrected chi connectivity index (χ2v) is 17.9. The molecule has 1 aliphatic heterocycles. The first-order valence-electron chi connectivity index (χ1n) is 21.6. The predicted octanol–water partition coefficient (Wildman–Crippen LogP) is 16.2. The van der Waals surface area contributed by atoms with Crippen molar-refractivity contribution in [2.75, 3.05) is 4.90 Å². The minimum absolute atomic E-state index is 0.639. The van der Waals surface area contributed by atoms with Gasteiger partial charge in [0.15, 0.2) is 0 Å². The standard InChI is InChI=1S/C59H36N2OS/c1-2-16-38(17-3-1)60(39-29-32-53-47(34-39)43-19-5-9-25-52(43)61(53)41-28-31-45-44-20-6-11-27-56(44)63-57(45)36-41)40-30-33-55-51(35-40)59(49-23-8-10-26-54(49)62-55)48-22-7-4-18-42(48)46-21-12-14-37-15-13-24-50(59)58(37)46/h1-36H. The number of anilines is 3. The molecule has 0 N–H and O–H groups in total. The van der Waals surface area contributed by atoms with E-state index < -0.39 is 5.41 Å². The lowest BCUT2D eigenvalue weighted by atomic mass is 9.58. The first-order chi connectivity index (χ1) is 31.2. The molecule has 0 bridgehead atoms. The maximum Gasteiger partial charge on any atom is 0.132 e. The van der Waals surface area contributed by atoms with E-state index >= 15 is 0 Å². The lowest BCUT2D eigenvalue weighted by Crippen LogP contribution is -2.36. The Kier molecular flexibility index (Phi) is 7.20. The van der Waals surface area contributed by atoms with Crippen molar-refractivity contribution in [3.05, 3.63) is 241 Å². The molecule has 1 unspecified atom stereocenters. The van der Waals surface area contributed by atoms with E-state index in [1.165, 1.54) is 75.0 Å². The third-order valence-corrected chi connectivity index (χ3v) is 14.7. The molecule has 0 fully saturated rings. The molecule has 14 rings (SSSR count). The van der Waals surface area contributed by atoms with Crippen molar-refractivity contribution >= 4 is 81.1 Å². The van der Waals surface area contributed by atoms with Crippen LogP contribution in [0, 0.1) is 0 Å². The number of hydrogen-bond donors (Lipinski definition) is 0. The highest BCUT2D eigenvalue weighted by molar-refractivity contribution is 7.25. The molecule has 1 spiro atoms. The molecule has 2 aliphatic rings. The van der Waals surface area contributed by atoms with Crippen LogP contribution in [0.4, 0.5) is 17.1 Å². The van der Waals surface area contributed by atoms with Gasteiger partial charge in [-0.1, -0.05) is 140 Å². The van der Waals surface area contributed by atoms with Crippen LogP contribution in [0.1, 0.15) is 22.3 Å². The van der Waals surface area contributed by atoms with Gasteiger partial charge in [-0.3, -0.25) is 0 Å². The molecule has 294 valence electrons. The van der Waals surface area contributed by atoms with Crippen molar-refractivity contribution in [1.82, 2.24) is 4.57 Å². The highest BCUT2D eigenvalue weighted by Gasteiger charge is 2.49. The van der Waals surface area contributed by atoms with Crippen molar-refractivity contribution in [2.45, 2.75) is 5.41 Å². The first kappa shape index (κ1) is 34.8. The summed E-state index contributed by atoms with van der Waals surface area (Å²) < 4.78 is 12.0. The highest BCUT2D eigenvalue weighted by Crippen LogP contribution is 2.62. The van der Waals surface area contributed by atoms with Crippen LogP contribution in [0.15, 0.2) is 218 Å². The topological polar surface area (TPSA) is 17.4 Å². The number of nitrogens with zero attached hydrogens (tertiary/aromatic N) is 2. The molecule has 0 saturated carbocycles. The van der Waals surface area contributed by atoms with E-state index in [1.807, 2.05) is 11.3 Å². The van der Waals surface area contributed by atoms with E-state index in [9.17, 15) is 0 Å². The van der Waals surface area contributed by atoms with Crippen LogP contribution in [0.2, 0.25) is 0 Å². The molecular weight excluding hydrogens is 785 g/mol. The fraction of sp³-hybridized carbons (Fsp3) is 0.0169. The summed E-state index contributed by atoms with van der Waals surface area (Å²) in [4.78, 5) is 2.41. The number of fused-ring (bicyclic) bond motifs is 14. The molecule has 1 atom stereocenters. The summed E-state index contributed by atoms with van der Waals surface area (Å²) in [5.41, 5.74) is 13.5. The molecule has 10 aromatic carbocycles. The van der Waals surface area contributed by atoms with Crippen LogP contribution in [0.5, 0.6) is 11.5 Å². The van der Waals surface area contributed by atoms with Gasteiger partial charge in [-0.05, 0) is 112 Å². The number of aromatic nitrogens is 1. The zero-order chi connectivity index (χ0) is 41.2. The number of benzene rings is 10. The van der Waals surface area contributed by atoms with Crippen LogP contribution in [0.25, 0.3) is 69.6 Å². The Morgan fingerprint density at radius 2 is 1.06 bits per heavy atom. The molecule has 1 aliphatic carbocycles. The molecule has 0 saturated heterocycles. The lowest BCUT2D eigenvalue weighted by molar-refractivity contribution is 0.435. The van der Waals surface area contributed by atoms with Gasteiger partial charge in [-0.2, -0.15) is 0 Å². The Labute approximate surface area is 367 Å². The van der Waals surface area contributed by atoms with Crippen molar-refractivity contribution in [2.24, 2.45) is 0 Å². The average Bonchev–Trinajstić information content (AvgIpc) is 3.88. The van der Waals surface area contributed by atoms with Gasteiger partial charge in [0, 0.05) is 64.8 Å². The van der Waals surface area contributed by atoms with Gasteiger partial charge >= 0.3 is 0 Å². The molecule has 12 aromatic rings. The monoisotopic (exact) mass is 820 g/mol. The molecule has 4 heteroatoms. The minimum atomic E-state index is -0.639. The Morgan fingerprint density at radius 1 is 0.397 bits per heavy atom. The molecule has 3 nitrogen and oxygen atoms in total. The number of ether oxygens (including phenoxy) is 1. The number of hydrogen-bond acceptors (Lipinski definition) is 3. The second kappa shape index (κ2) is 13.0. The van der Waals surface area contributed by atoms with Gasteiger partial charge < -0.3 is 14.2 Å². The van der Waals surface area contributed by atoms with Crippen LogP contribution in [-0.4, -0.2) is 4.57 Å². The maximum atomic E-state index is 6.92. The second-order valence-electron chi connectivity index (χ2n) is 16.8. The van der Waals surface area contributed by atoms with Crippen molar-refractivity contribution in [3.63, 3.8) is 0 Å². The summed E-state index contributed by atoms with van der Waals surface area (Å²) in [6.45, 7) is 0. The van der Waals surface area contributed by atoms with Gasteiger partial charge in [-0.15, -0.1) is 11.3 Å². The van der Waals surface area contributed by atoms with E-state index in [1.54, 1.807) is 0 Å². The number of thiophene rings is 1. The lowest BCUT2D eigenvalue weighted by Gasteiger charge is -2.45. The van der Waals surface area contributed by atoms with Crippen LogP contribution in [0.3, 0.4) is 0 Å². The quantitative estimate of drug-likeness (QED) is 0.176. The summed E-state index contributed by atoms with van der Waals surface area (Å²) >= 11 is 1.86. The normalized spacial score (nSPS) is 14.9. The van der Waals surface area contributed by atoms with E-state index in [2.05, 4.69) is 228 Å². The average molecular weight is 821 g/mol. The van der Waals surface area contributed by atoms with Crippen molar-refractivity contribution in [1.29, 1.82) is 0 Å². The molecule has 63 heavy (non-hydrogen) atoms. The van der Waals surface area contributed by atoms with Gasteiger partial charge in [0.05, 0.1) is 16.4 Å². The van der Waals surface area contributed by atoms with Crippen molar-refractivity contribution < 1.29 is 4.74 Å². The summed E-state index contributed by atoms with van der Waals surface area (Å²) in [6, 6.07) is 80.2. The molecule has 0 radical (unpaired) electrons. The number of rotatable bonds is 4. The van der Waals surface area contributed by atoms with E-state index in [-0.39, 0.29) is 0 Å². The smallest absolute Gasteiger partial charge is 0.132 e. The van der Waals surface area contributed by atoms with Gasteiger partial charge in [-0.25, -0.2) is 0 Å². The Morgan fingerprint density at radius 3 is 1.98 bits per heavy atom. The zero-order valence-corrected chi connectivity index (χ0v) is 34.8. The third-order valence-electron chi connectivity index (χ3n) is 13.6. The predicted molar refractivity (Wildman–Crippen MR) is 263 cm³/mol. The Balaban J connectivity index is 1.01. The van der Waals surface area contributed by atoms with Gasteiger partial charge in [0.2, 0.25) is 0 Å². The summed E-state index contributed by atoms with van der Waals surface area (Å²) in [5.74, 6) is 1.75. The van der Waals surface area contributed by atoms with Gasteiger partial charge in [0.25, 0.3) is 0 Å². The summed E-state index contributed by atoms with van der Waals surface area (Å²) in [7, 11) is 0.